The van der Waals surface area contributed by atoms with E-state index in [4.69, 9.17) is 0 Å². The van der Waals surface area contributed by atoms with E-state index in [9.17, 15) is 9.59 Å². The minimum absolute atomic E-state index is 0.0169. The number of nitrogens with zero attached hydrogens (tertiary/aromatic N) is 5. The minimum atomic E-state index is -0.311. The van der Waals surface area contributed by atoms with Gasteiger partial charge in [0.25, 0.3) is 0 Å². The van der Waals surface area contributed by atoms with Gasteiger partial charge in [0.2, 0.25) is 5.91 Å². The zero-order chi connectivity index (χ0) is 20.4. The van der Waals surface area contributed by atoms with Crippen molar-refractivity contribution >= 4 is 22.6 Å². The Morgan fingerprint density at radius 3 is 2.59 bits per heavy atom. The number of hydrogen-bond donors (Lipinski definition) is 1. The number of aromatic nitrogens is 4. The van der Waals surface area contributed by atoms with Crippen LogP contribution in [0.25, 0.3) is 10.9 Å². The predicted molar refractivity (Wildman–Crippen MR) is 110 cm³/mol. The number of nitrogens with one attached hydrogen (secondary N) is 1. The van der Waals surface area contributed by atoms with Crippen molar-refractivity contribution in [3.63, 3.8) is 0 Å². The molecule has 1 aliphatic rings. The Labute approximate surface area is 169 Å². The number of hydrogen-bond acceptors (Lipinski definition) is 5. The number of H-pyrrole nitrogens is 1. The maximum absolute atomic E-state index is 13.3. The van der Waals surface area contributed by atoms with Gasteiger partial charge in [-0.1, -0.05) is 25.1 Å². The van der Waals surface area contributed by atoms with E-state index in [0.29, 0.717) is 31.6 Å². The Bertz CT molecular complexity index is 1000. The molecular weight excluding hydrogens is 368 g/mol. The maximum atomic E-state index is 13.3. The van der Waals surface area contributed by atoms with Gasteiger partial charge >= 0.3 is 0 Å². The molecule has 4 rings (SSSR count). The van der Waals surface area contributed by atoms with Crippen LogP contribution in [0.5, 0.6) is 0 Å². The number of rotatable bonds is 6. The third kappa shape index (κ3) is 3.80. The number of carbonyl (C=O) groups is 2. The highest BCUT2D eigenvalue weighted by molar-refractivity contribution is 6.07. The van der Waals surface area contributed by atoms with Crippen LogP contribution >= 0.6 is 0 Å². The molecule has 3 aromatic rings. The molecule has 8 nitrogen and oxygen atoms in total. The summed E-state index contributed by atoms with van der Waals surface area (Å²) in [6, 6.07) is 7.49. The molecule has 2 aromatic heterocycles. The van der Waals surface area contributed by atoms with Gasteiger partial charge in [0.05, 0.1) is 6.54 Å². The molecule has 0 aliphatic carbocycles. The second-order valence-corrected chi connectivity index (χ2v) is 7.48. The van der Waals surface area contributed by atoms with Crippen molar-refractivity contribution in [1.82, 2.24) is 29.5 Å². The summed E-state index contributed by atoms with van der Waals surface area (Å²) in [6.45, 7) is 7.27. The van der Waals surface area contributed by atoms with Crippen molar-refractivity contribution in [2.75, 3.05) is 26.2 Å². The lowest BCUT2D eigenvalue weighted by Crippen LogP contribution is -2.50. The van der Waals surface area contributed by atoms with Gasteiger partial charge in [-0.2, -0.15) is 5.10 Å². The quantitative estimate of drug-likeness (QED) is 0.648. The number of fused-ring (bicyclic) bond motifs is 1. The molecule has 0 bridgehead atoms. The number of aromatic amines is 1. The zero-order valence-electron chi connectivity index (χ0n) is 16.8. The highest BCUT2D eigenvalue weighted by atomic mass is 16.2. The Morgan fingerprint density at radius 2 is 1.93 bits per heavy atom. The molecule has 29 heavy (non-hydrogen) atoms. The standard InChI is InChI=1S/C21H26N6O2/c1-3-18(27-12-17(15(2)28)16-6-4-5-7-19(16)27)21(29)26-10-8-25(9-11-26)13-20-22-14-23-24-20/h4-7,12,14,18H,3,8-11,13H2,1-2H3,(H,22,23,24)/t18-/m1/s1. The fourth-order valence-corrected chi connectivity index (χ4v) is 4.09. The van der Waals surface area contributed by atoms with E-state index in [-0.39, 0.29) is 17.7 Å². The van der Waals surface area contributed by atoms with E-state index in [1.54, 1.807) is 6.92 Å². The first-order valence-electron chi connectivity index (χ1n) is 10.0. The topological polar surface area (TPSA) is 87.1 Å². The molecule has 1 amide bonds. The van der Waals surface area contributed by atoms with Crippen LogP contribution in [0.15, 0.2) is 36.8 Å². The number of carbonyl (C=O) groups excluding carboxylic acids is 2. The molecule has 1 N–H and O–H groups in total. The molecule has 1 fully saturated rings. The third-order valence-corrected chi connectivity index (χ3v) is 5.65. The van der Waals surface area contributed by atoms with E-state index < -0.39 is 0 Å². The van der Waals surface area contributed by atoms with E-state index in [1.165, 1.54) is 6.33 Å². The number of benzene rings is 1. The zero-order valence-corrected chi connectivity index (χ0v) is 16.8. The summed E-state index contributed by atoms with van der Waals surface area (Å²) < 4.78 is 1.98. The van der Waals surface area contributed by atoms with Crippen LogP contribution in [0.2, 0.25) is 0 Å². The predicted octanol–water partition coefficient (Wildman–Crippen LogP) is 2.26. The summed E-state index contributed by atoms with van der Waals surface area (Å²) in [7, 11) is 0. The van der Waals surface area contributed by atoms with Crippen LogP contribution in [-0.2, 0) is 11.3 Å². The van der Waals surface area contributed by atoms with E-state index in [2.05, 4.69) is 20.1 Å². The van der Waals surface area contributed by atoms with Crippen molar-refractivity contribution in [3.8, 4) is 0 Å². The lowest BCUT2D eigenvalue weighted by molar-refractivity contribution is -0.136. The summed E-state index contributed by atoms with van der Waals surface area (Å²) in [6.07, 6.45) is 4.03. The Kier molecular flexibility index (Phi) is 5.44. The lowest BCUT2D eigenvalue weighted by Gasteiger charge is -2.36. The molecule has 0 saturated carbocycles. The molecule has 152 valence electrons. The minimum Gasteiger partial charge on any atom is -0.338 e. The van der Waals surface area contributed by atoms with Gasteiger partial charge in [0, 0.05) is 48.8 Å². The fraction of sp³-hybridized carbons (Fsp3) is 0.429. The highest BCUT2D eigenvalue weighted by Gasteiger charge is 2.29. The second kappa shape index (κ2) is 8.16. The summed E-state index contributed by atoms with van der Waals surface area (Å²) in [5, 5.41) is 7.67. The van der Waals surface area contributed by atoms with Crippen LogP contribution in [-0.4, -0.2) is 67.4 Å². The first-order valence-corrected chi connectivity index (χ1v) is 10.0. The number of para-hydroxylation sites is 1. The van der Waals surface area contributed by atoms with Crippen molar-refractivity contribution in [1.29, 1.82) is 0 Å². The molecule has 1 aliphatic heterocycles. The van der Waals surface area contributed by atoms with Gasteiger partial charge in [0.15, 0.2) is 5.78 Å². The molecule has 1 aromatic carbocycles. The van der Waals surface area contributed by atoms with Crippen LogP contribution in [0.3, 0.4) is 0 Å². The molecule has 1 saturated heterocycles. The average Bonchev–Trinajstić information content (AvgIpc) is 3.37. The maximum Gasteiger partial charge on any atom is 0.245 e. The summed E-state index contributed by atoms with van der Waals surface area (Å²) in [4.78, 5) is 33.8. The van der Waals surface area contributed by atoms with Crippen molar-refractivity contribution in [2.45, 2.75) is 32.9 Å². The van der Waals surface area contributed by atoms with Gasteiger partial charge in [-0.05, 0) is 19.4 Å². The average molecular weight is 394 g/mol. The van der Waals surface area contributed by atoms with Gasteiger partial charge in [-0.3, -0.25) is 19.6 Å². The van der Waals surface area contributed by atoms with Gasteiger partial charge in [-0.15, -0.1) is 0 Å². The molecule has 3 heterocycles. The largest absolute Gasteiger partial charge is 0.338 e. The SMILES string of the molecule is CC[C@H](C(=O)N1CCN(Cc2ncn[nH]2)CC1)n1cc(C(C)=O)c2ccccc21. The number of Topliss-reactive ketones (excluding diaryl/α,β-unsaturated/α-hetero) is 1. The summed E-state index contributed by atoms with van der Waals surface area (Å²) >= 11 is 0. The van der Waals surface area contributed by atoms with Crippen molar-refractivity contribution < 1.29 is 9.59 Å². The molecule has 1 atom stereocenters. The van der Waals surface area contributed by atoms with Crippen LogP contribution < -0.4 is 0 Å². The van der Waals surface area contributed by atoms with Gasteiger partial charge < -0.3 is 9.47 Å². The number of ketones is 1. The Balaban J connectivity index is 1.51. The molecule has 0 radical (unpaired) electrons. The lowest BCUT2D eigenvalue weighted by atomic mass is 10.1. The normalized spacial score (nSPS) is 16.3. The first kappa shape index (κ1) is 19.3. The van der Waals surface area contributed by atoms with E-state index in [0.717, 1.165) is 29.8 Å². The van der Waals surface area contributed by atoms with E-state index >= 15 is 0 Å². The number of amides is 1. The fourth-order valence-electron chi connectivity index (χ4n) is 4.09. The Morgan fingerprint density at radius 1 is 1.17 bits per heavy atom. The Hall–Kier alpha value is -3.00. The monoisotopic (exact) mass is 394 g/mol. The van der Waals surface area contributed by atoms with Crippen LogP contribution in [0, 0.1) is 0 Å². The third-order valence-electron chi connectivity index (χ3n) is 5.65. The second-order valence-electron chi connectivity index (χ2n) is 7.48. The summed E-state index contributed by atoms with van der Waals surface area (Å²) in [5.74, 6) is 0.970. The van der Waals surface area contributed by atoms with E-state index in [1.807, 2.05) is 46.9 Å². The summed E-state index contributed by atoms with van der Waals surface area (Å²) in [5.41, 5.74) is 1.60. The highest BCUT2D eigenvalue weighted by Crippen LogP contribution is 2.28. The van der Waals surface area contributed by atoms with Crippen LogP contribution in [0.4, 0.5) is 0 Å². The van der Waals surface area contributed by atoms with Gasteiger partial charge in [0.1, 0.15) is 18.2 Å². The van der Waals surface area contributed by atoms with Crippen molar-refractivity contribution in [2.24, 2.45) is 0 Å². The molecule has 0 spiro atoms. The molecule has 0 unspecified atom stereocenters. The van der Waals surface area contributed by atoms with Crippen LogP contribution in [0.1, 0.15) is 42.5 Å². The number of piperazine rings is 1. The smallest absolute Gasteiger partial charge is 0.245 e. The molecule has 8 heteroatoms. The van der Waals surface area contributed by atoms with Crippen molar-refractivity contribution in [3.05, 3.63) is 48.2 Å². The first-order chi connectivity index (χ1) is 14.1. The molecular formula is C21H26N6O2. The van der Waals surface area contributed by atoms with Gasteiger partial charge in [-0.25, -0.2) is 4.98 Å².